The quantitative estimate of drug-likeness (QED) is 0.0932. The van der Waals surface area contributed by atoms with E-state index in [1.807, 2.05) is 18.2 Å². The number of nitriles is 1. The zero-order valence-electron chi connectivity index (χ0n) is 28.7. The van der Waals surface area contributed by atoms with Gasteiger partial charge in [-0.25, -0.2) is 4.39 Å². The Morgan fingerprint density at radius 1 is 0.826 bits per heavy atom. The number of benzene rings is 2. The van der Waals surface area contributed by atoms with Crippen molar-refractivity contribution >= 4 is 18.2 Å². The highest BCUT2D eigenvalue weighted by Crippen LogP contribution is 2.39. The molecule has 1 fully saturated rings. The van der Waals surface area contributed by atoms with Crippen molar-refractivity contribution in [2.24, 2.45) is 5.92 Å². The second-order valence-electron chi connectivity index (χ2n) is 13.0. The molecular weight excluding hydrogens is 599 g/mol. The van der Waals surface area contributed by atoms with E-state index in [0.717, 1.165) is 76.6 Å². The minimum atomic E-state index is -0.548. The fourth-order valence-electron chi connectivity index (χ4n) is 6.85. The molecule has 0 radical (unpaired) electrons. The lowest BCUT2D eigenvalue weighted by Gasteiger charge is -2.32. The molecule has 256 valence electrons. The van der Waals surface area contributed by atoms with Gasteiger partial charge in [0.05, 0.1) is 25.7 Å². The van der Waals surface area contributed by atoms with E-state index in [1.165, 1.54) is 69.9 Å². The molecular formula is C39H58ClFN2O3. The van der Waals surface area contributed by atoms with Crippen molar-refractivity contribution in [1.82, 2.24) is 4.90 Å². The van der Waals surface area contributed by atoms with Crippen LogP contribution >= 0.6 is 12.4 Å². The maximum absolute atomic E-state index is 13.3. The third kappa shape index (κ3) is 12.5. The maximum Gasteiger partial charge on any atom is 0.166 e. The molecule has 1 aliphatic rings. The molecule has 0 N–H and O–H groups in total. The van der Waals surface area contributed by atoms with E-state index in [4.69, 9.17) is 9.47 Å². The van der Waals surface area contributed by atoms with Gasteiger partial charge >= 0.3 is 0 Å². The Morgan fingerprint density at radius 3 is 1.91 bits per heavy atom. The van der Waals surface area contributed by atoms with Crippen molar-refractivity contribution in [2.45, 2.75) is 121 Å². The van der Waals surface area contributed by atoms with Crippen LogP contribution in [0.15, 0.2) is 42.5 Å². The summed E-state index contributed by atoms with van der Waals surface area (Å²) in [6, 6.07) is 14.7. The van der Waals surface area contributed by atoms with E-state index in [9.17, 15) is 14.4 Å². The van der Waals surface area contributed by atoms with Gasteiger partial charge < -0.3 is 14.4 Å². The van der Waals surface area contributed by atoms with Crippen LogP contribution in [-0.2, 0) is 5.41 Å². The van der Waals surface area contributed by atoms with Crippen LogP contribution in [-0.4, -0.2) is 44.5 Å². The molecule has 1 saturated heterocycles. The number of piperidine rings is 1. The normalized spacial score (nSPS) is 15.0. The van der Waals surface area contributed by atoms with E-state index in [0.29, 0.717) is 17.1 Å². The second-order valence-corrected chi connectivity index (χ2v) is 13.0. The van der Waals surface area contributed by atoms with Crippen molar-refractivity contribution in [3.05, 3.63) is 59.4 Å². The molecule has 1 heterocycles. The van der Waals surface area contributed by atoms with Crippen molar-refractivity contribution in [1.29, 1.82) is 5.26 Å². The van der Waals surface area contributed by atoms with Gasteiger partial charge in [0, 0.05) is 11.5 Å². The Balaban J connectivity index is 0.00000736. The number of hydrogen-bond acceptors (Lipinski definition) is 5. The summed E-state index contributed by atoms with van der Waals surface area (Å²) in [5, 5.41) is 10.6. The molecule has 5 nitrogen and oxygen atoms in total. The molecule has 3 rings (SSSR count). The minimum absolute atomic E-state index is 0. The summed E-state index contributed by atoms with van der Waals surface area (Å²) < 4.78 is 24.4. The number of likely N-dealkylation sites (tertiary alicyclic amines) is 1. The van der Waals surface area contributed by atoms with Crippen LogP contribution in [0.1, 0.15) is 132 Å². The first kappa shape index (κ1) is 39.6. The number of halogens is 2. The predicted molar refractivity (Wildman–Crippen MR) is 189 cm³/mol. The smallest absolute Gasteiger partial charge is 0.166 e. The fourth-order valence-corrected chi connectivity index (χ4v) is 6.85. The molecule has 0 aliphatic carbocycles. The minimum Gasteiger partial charge on any atom is -0.493 e. The van der Waals surface area contributed by atoms with Gasteiger partial charge in [0.2, 0.25) is 0 Å². The molecule has 0 amide bonds. The van der Waals surface area contributed by atoms with Gasteiger partial charge in [0.25, 0.3) is 0 Å². The molecule has 46 heavy (non-hydrogen) atoms. The average molecular weight is 657 g/mol. The average Bonchev–Trinajstić information content (AvgIpc) is 3.08. The SMILES string of the molecule is CCCCCCCCCCCCCC(C#N)(CCCCN1CCC(C(=O)c2ccc(F)cc2)CC1)c1ccc(OC)c(OC)c1.Cl. The first-order valence-corrected chi connectivity index (χ1v) is 17.6. The van der Waals surface area contributed by atoms with Crippen LogP contribution < -0.4 is 9.47 Å². The summed E-state index contributed by atoms with van der Waals surface area (Å²) in [5.74, 6) is 1.18. The van der Waals surface area contributed by atoms with Gasteiger partial charge in [-0.3, -0.25) is 4.79 Å². The zero-order valence-corrected chi connectivity index (χ0v) is 29.5. The molecule has 0 aromatic heterocycles. The number of rotatable bonds is 22. The second kappa shape index (κ2) is 22.0. The number of nitrogens with zero attached hydrogens (tertiary/aromatic N) is 2. The summed E-state index contributed by atoms with van der Waals surface area (Å²) in [4.78, 5) is 15.3. The summed E-state index contributed by atoms with van der Waals surface area (Å²) in [6.07, 6.45) is 19.5. The number of Topliss-reactive ketones (excluding diaryl/α,β-unsaturated/α-hetero) is 1. The van der Waals surface area contributed by atoms with Gasteiger partial charge in [-0.05, 0) is 93.7 Å². The third-order valence-electron chi connectivity index (χ3n) is 9.77. The van der Waals surface area contributed by atoms with Crippen LogP contribution in [0.5, 0.6) is 11.5 Å². The molecule has 0 saturated carbocycles. The van der Waals surface area contributed by atoms with Crippen molar-refractivity contribution < 1.29 is 18.7 Å². The van der Waals surface area contributed by atoms with Crippen molar-refractivity contribution in [2.75, 3.05) is 33.9 Å². The lowest BCUT2D eigenvalue weighted by Crippen LogP contribution is -2.37. The van der Waals surface area contributed by atoms with E-state index in [2.05, 4.69) is 17.9 Å². The summed E-state index contributed by atoms with van der Waals surface area (Å²) in [5.41, 5.74) is 1.08. The zero-order chi connectivity index (χ0) is 32.3. The number of unbranched alkanes of at least 4 members (excludes halogenated alkanes) is 11. The van der Waals surface area contributed by atoms with Gasteiger partial charge in [-0.1, -0.05) is 90.0 Å². The maximum atomic E-state index is 13.3. The van der Waals surface area contributed by atoms with Crippen LogP contribution in [0, 0.1) is 23.1 Å². The molecule has 1 atom stereocenters. The van der Waals surface area contributed by atoms with Crippen LogP contribution in [0.3, 0.4) is 0 Å². The summed E-state index contributed by atoms with van der Waals surface area (Å²) in [6.45, 7) is 5.04. The van der Waals surface area contributed by atoms with Gasteiger partial charge in [-0.2, -0.15) is 5.26 Å². The molecule has 1 unspecified atom stereocenters. The Hall–Kier alpha value is -2.62. The number of hydrogen-bond donors (Lipinski definition) is 0. The number of carbonyl (C=O) groups excluding carboxylic acids is 1. The van der Waals surface area contributed by atoms with E-state index in [1.54, 1.807) is 26.4 Å². The summed E-state index contributed by atoms with van der Waals surface area (Å²) >= 11 is 0. The highest BCUT2D eigenvalue weighted by molar-refractivity contribution is 5.97. The molecule has 2 aromatic rings. The molecule has 2 aromatic carbocycles. The van der Waals surface area contributed by atoms with Crippen LogP contribution in [0.25, 0.3) is 0 Å². The Bertz CT molecular complexity index is 1180. The lowest BCUT2D eigenvalue weighted by atomic mass is 9.73. The van der Waals surface area contributed by atoms with Gasteiger partial charge in [0.15, 0.2) is 17.3 Å². The number of ether oxygens (including phenoxy) is 2. The number of carbonyl (C=O) groups is 1. The van der Waals surface area contributed by atoms with Crippen molar-refractivity contribution in [3.8, 4) is 17.6 Å². The van der Waals surface area contributed by atoms with Crippen LogP contribution in [0.2, 0.25) is 0 Å². The van der Waals surface area contributed by atoms with Gasteiger partial charge in [0.1, 0.15) is 5.82 Å². The highest BCUT2D eigenvalue weighted by atomic mass is 35.5. The first-order valence-electron chi connectivity index (χ1n) is 17.6. The Labute approximate surface area is 284 Å². The highest BCUT2D eigenvalue weighted by Gasteiger charge is 2.33. The molecule has 1 aliphatic heterocycles. The Morgan fingerprint density at radius 2 is 1.37 bits per heavy atom. The molecule has 0 spiro atoms. The van der Waals surface area contributed by atoms with Crippen LogP contribution in [0.4, 0.5) is 4.39 Å². The number of methoxy groups -OCH3 is 2. The molecule has 0 bridgehead atoms. The van der Waals surface area contributed by atoms with E-state index >= 15 is 0 Å². The molecule has 7 heteroatoms. The van der Waals surface area contributed by atoms with Crippen molar-refractivity contribution in [3.63, 3.8) is 0 Å². The number of ketones is 1. The third-order valence-corrected chi connectivity index (χ3v) is 9.77. The first-order chi connectivity index (χ1) is 22.0. The summed E-state index contributed by atoms with van der Waals surface area (Å²) in [7, 11) is 3.29. The predicted octanol–water partition coefficient (Wildman–Crippen LogP) is 10.5. The largest absolute Gasteiger partial charge is 0.493 e. The van der Waals surface area contributed by atoms with E-state index in [-0.39, 0.29) is 29.9 Å². The van der Waals surface area contributed by atoms with Gasteiger partial charge in [-0.15, -0.1) is 12.4 Å². The standard InChI is InChI=1S/C39H57FN2O3.ClH/c1-4-5-6-7-8-9-10-11-12-13-14-25-39(31-41,34-19-22-36(44-2)37(30-34)45-3)26-15-16-27-42-28-23-33(24-29-42)38(43)32-17-20-35(40)21-18-32;/h17-22,30,33H,4-16,23-29H2,1-3H3;1H. The van der Waals surface area contributed by atoms with E-state index < -0.39 is 5.41 Å². The fraction of sp³-hybridized carbons (Fsp3) is 0.641. The monoisotopic (exact) mass is 656 g/mol. The lowest BCUT2D eigenvalue weighted by molar-refractivity contribution is 0.0838. The topological polar surface area (TPSA) is 62.6 Å². The Kier molecular flexibility index (Phi) is 19.0.